The monoisotopic (exact) mass is 310 g/mol. The van der Waals surface area contributed by atoms with Gasteiger partial charge in [-0.2, -0.15) is 0 Å². The van der Waals surface area contributed by atoms with Crippen molar-refractivity contribution >= 4 is 17.3 Å². The molecule has 0 spiro atoms. The first kappa shape index (κ1) is 15.2. The molecule has 0 unspecified atom stereocenters. The Bertz CT molecular complexity index is 679. The van der Waals surface area contributed by atoms with Gasteiger partial charge in [-0.15, -0.1) is 0 Å². The van der Waals surface area contributed by atoms with Crippen molar-refractivity contribution in [3.63, 3.8) is 0 Å². The second-order valence-corrected chi connectivity index (χ2v) is 4.71. The molecular formula is C14H12ClFN2O3. The number of hydrogen-bond donors (Lipinski definition) is 1. The van der Waals surface area contributed by atoms with Crippen LogP contribution in [0.4, 0.5) is 10.1 Å². The average Bonchev–Trinajstić information content (AvgIpc) is 2.40. The fraction of sp³-hybridized carbons (Fsp3) is 0.143. The zero-order valence-electron chi connectivity index (χ0n) is 11.1. The van der Waals surface area contributed by atoms with Gasteiger partial charge in [0.05, 0.1) is 9.95 Å². The number of nitrogens with zero attached hydrogens (tertiary/aromatic N) is 1. The van der Waals surface area contributed by atoms with Crippen molar-refractivity contribution < 1.29 is 14.1 Å². The topological polar surface area (TPSA) is 64.4 Å². The summed E-state index contributed by atoms with van der Waals surface area (Å²) in [5, 5.41) is 13.6. The van der Waals surface area contributed by atoms with E-state index >= 15 is 0 Å². The molecule has 0 bridgehead atoms. The molecule has 0 atom stereocenters. The Balaban J connectivity index is 2.27. The predicted molar refractivity (Wildman–Crippen MR) is 77.3 cm³/mol. The summed E-state index contributed by atoms with van der Waals surface area (Å²) in [6, 6.07) is 8.11. The highest BCUT2D eigenvalue weighted by atomic mass is 35.5. The van der Waals surface area contributed by atoms with Crippen molar-refractivity contribution in [2.45, 2.75) is 6.54 Å². The Kier molecular flexibility index (Phi) is 4.72. The van der Waals surface area contributed by atoms with E-state index in [1.54, 1.807) is 13.1 Å². The average molecular weight is 311 g/mol. The van der Waals surface area contributed by atoms with Gasteiger partial charge in [-0.3, -0.25) is 10.1 Å². The molecular weight excluding hydrogens is 299 g/mol. The number of hydrogen-bond acceptors (Lipinski definition) is 4. The second kappa shape index (κ2) is 6.51. The lowest BCUT2D eigenvalue weighted by Crippen LogP contribution is -2.05. The second-order valence-electron chi connectivity index (χ2n) is 4.30. The highest BCUT2D eigenvalue weighted by molar-refractivity contribution is 6.32. The Morgan fingerprint density at radius 1 is 1.33 bits per heavy atom. The SMILES string of the molecule is CNCc1cc(F)cc(Oc2ccc([N+](=O)[O-])cc2Cl)c1. The molecule has 0 fully saturated rings. The van der Waals surface area contributed by atoms with E-state index < -0.39 is 10.7 Å². The zero-order chi connectivity index (χ0) is 15.4. The van der Waals surface area contributed by atoms with E-state index in [0.717, 1.165) is 0 Å². The summed E-state index contributed by atoms with van der Waals surface area (Å²) in [6.07, 6.45) is 0. The van der Waals surface area contributed by atoms with E-state index in [9.17, 15) is 14.5 Å². The van der Waals surface area contributed by atoms with Crippen LogP contribution < -0.4 is 10.1 Å². The van der Waals surface area contributed by atoms with Gasteiger partial charge in [0.2, 0.25) is 0 Å². The molecule has 0 aliphatic heterocycles. The van der Waals surface area contributed by atoms with E-state index in [4.69, 9.17) is 16.3 Å². The molecule has 0 saturated heterocycles. The zero-order valence-corrected chi connectivity index (χ0v) is 11.9. The molecule has 0 amide bonds. The molecule has 1 N–H and O–H groups in total. The fourth-order valence-corrected chi connectivity index (χ4v) is 2.01. The third-order valence-corrected chi connectivity index (χ3v) is 2.96. The van der Waals surface area contributed by atoms with Crippen LogP contribution in [0.5, 0.6) is 11.5 Å². The largest absolute Gasteiger partial charge is 0.456 e. The minimum absolute atomic E-state index is 0.0867. The number of nitro benzene ring substituents is 1. The highest BCUT2D eigenvalue weighted by Gasteiger charge is 2.11. The van der Waals surface area contributed by atoms with E-state index in [2.05, 4.69) is 5.32 Å². The highest BCUT2D eigenvalue weighted by Crippen LogP contribution is 2.32. The van der Waals surface area contributed by atoms with E-state index in [-0.39, 0.29) is 22.2 Å². The van der Waals surface area contributed by atoms with Crippen LogP contribution in [0.15, 0.2) is 36.4 Å². The summed E-state index contributed by atoms with van der Waals surface area (Å²) in [7, 11) is 1.75. The lowest BCUT2D eigenvalue weighted by atomic mass is 10.2. The first-order valence-electron chi connectivity index (χ1n) is 6.05. The van der Waals surface area contributed by atoms with Gasteiger partial charge < -0.3 is 10.1 Å². The maximum atomic E-state index is 13.5. The number of ether oxygens (including phenoxy) is 1. The van der Waals surface area contributed by atoms with Gasteiger partial charge in [-0.05, 0) is 30.8 Å². The van der Waals surface area contributed by atoms with E-state index in [1.165, 1.54) is 30.3 Å². The van der Waals surface area contributed by atoms with E-state index in [1.807, 2.05) is 0 Å². The van der Waals surface area contributed by atoms with Crippen LogP contribution in [0.3, 0.4) is 0 Å². The summed E-state index contributed by atoms with van der Waals surface area (Å²) < 4.78 is 19.0. The molecule has 21 heavy (non-hydrogen) atoms. The van der Waals surface area contributed by atoms with Gasteiger partial charge in [0, 0.05) is 24.7 Å². The van der Waals surface area contributed by atoms with Gasteiger partial charge in [0.25, 0.3) is 5.69 Å². The quantitative estimate of drug-likeness (QED) is 0.672. The normalized spacial score (nSPS) is 10.4. The molecule has 0 radical (unpaired) electrons. The predicted octanol–water partition coefficient (Wildman–Crippen LogP) is 3.90. The summed E-state index contributed by atoms with van der Waals surface area (Å²) in [6.45, 7) is 0.488. The fourth-order valence-electron chi connectivity index (χ4n) is 1.80. The third kappa shape index (κ3) is 3.90. The molecule has 0 aliphatic carbocycles. The first-order chi connectivity index (χ1) is 9.99. The molecule has 0 aromatic heterocycles. The third-order valence-electron chi connectivity index (χ3n) is 2.67. The number of halogens is 2. The number of rotatable bonds is 5. The van der Waals surface area contributed by atoms with Crippen LogP contribution in [0.2, 0.25) is 5.02 Å². The Morgan fingerprint density at radius 3 is 2.71 bits per heavy atom. The molecule has 2 aromatic carbocycles. The molecule has 5 nitrogen and oxygen atoms in total. The van der Waals surface area contributed by atoms with Crippen molar-refractivity contribution in [1.29, 1.82) is 0 Å². The summed E-state index contributed by atoms with van der Waals surface area (Å²) in [5.74, 6) is 0.0649. The molecule has 0 aliphatic rings. The van der Waals surface area contributed by atoms with Crippen LogP contribution in [0.1, 0.15) is 5.56 Å². The molecule has 2 rings (SSSR count). The lowest BCUT2D eigenvalue weighted by Gasteiger charge is -2.09. The van der Waals surface area contributed by atoms with Crippen LogP contribution in [0.25, 0.3) is 0 Å². The maximum Gasteiger partial charge on any atom is 0.271 e. The molecule has 2 aromatic rings. The van der Waals surface area contributed by atoms with Crippen molar-refractivity contribution in [1.82, 2.24) is 5.32 Å². The van der Waals surface area contributed by atoms with Crippen molar-refractivity contribution in [3.8, 4) is 11.5 Å². The van der Waals surface area contributed by atoms with Crippen molar-refractivity contribution in [2.75, 3.05) is 7.05 Å². The van der Waals surface area contributed by atoms with Crippen molar-refractivity contribution in [3.05, 3.63) is 62.9 Å². The lowest BCUT2D eigenvalue weighted by molar-refractivity contribution is -0.384. The Labute approximate surface area is 125 Å². The van der Waals surface area contributed by atoms with Crippen LogP contribution >= 0.6 is 11.6 Å². The number of benzene rings is 2. The minimum Gasteiger partial charge on any atom is -0.456 e. The molecule has 7 heteroatoms. The molecule has 0 saturated carbocycles. The van der Waals surface area contributed by atoms with Gasteiger partial charge in [-0.25, -0.2) is 4.39 Å². The molecule has 110 valence electrons. The van der Waals surface area contributed by atoms with Gasteiger partial charge >= 0.3 is 0 Å². The van der Waals surface area contributed by atoms with Gasteiger partial charge in [0.15, 0.2) is 0 Å². The number of non-ortho nitro benzene ring substituents is 1. The van der Waals surface area contributed by atoms with Gasteiger partial charge in [-0.1, -0.05) is 11.6 Å². The summed E-state index contributed by atoms with van der Waals surface area (Å²) in [5.41, 5.74) is 0.577. The van der Waals surface area contributed by atoms with Gasteiger partial charge in [0.1, 0.15) is 17.3 Å². The maximum absolute atomic E-state index is 13.5. The summed E-state index contributed by atoms with van der Waals surface area (Å²) in [4.78, 5) is 10.1. The van der Waals surface area contributed by atoms with Crippen LogP contribution in [0, 0.1) is 15.9 Å². The number of nitrogens with one attached hydrogen (secondary N) is 1. The Hall–Kier alpha value is -2.18. The molecule has 0 heterocycles. The van der Waals surface area contributed by atoms with Crippen LogP contribution in [-0.2, 0) is 6.54 Å². The van der Waals surface area contributed by atoms with E-state index in [0.29, 0.717) is 12.1 Å². The smallest absolute Gasteiger partial charge is 0.271 e. The van der Waals surface area contributed by atoms with Crippen LogP contribution in [-0.4, -0.2) is 12.0 Å². The minimum atomic E-state index is -0.553. The summed E-state index contributed by atoms with van der Waals surface area (Å²) >= 11 is 5.93. The van der Waals surface area contributed by atoms with Crippen molar-refractivity contribution in [2.24, 2.45) is 0 Å². The standard InChI is InChI=1S/C14H12ClFN2O3/c1-17-8-9-4-10(16)6-12(5-9)21-14-3-2-11(18(19)20)7-13(14)15/h2-7,17H,8H2,1H3. The number of nitro groups is 1. The Morgan fingerprint density at radius 2 is 2.10 bits per heavy atom. The first-order valence-corrected chi connectivity index (χ1v) is 6.43.